The zero-order valence-corrected chi connectivity index (χ0v) is 13.2. The van der Waals surface area contributed by atoms with Crippen LogP contribution < -0.4 is 15.4 Å². The van der Waals surface area contributed by atoms with Crippen LogP contribution in [-0.4, -0.2) is 23.2 Å². The van der Waals surface area contributed by atoms with E-state index in [1.807, 2.05) is 24.3 Å². The summed E-state index contributed by atoms with van der Waals surface area (Å²) in [6, 6.07) is 12.6. The molecule has 0 unspecified atom stereocenters. The molecule has 0 bridgehead atoms. The molecule has 0 radical (unpaired) electrons. The fourth-order valence-electron chi connectivity index (χ4n) is 2.08. The number of hydrogen-bond acceptors (Lipinski definition) is 6. The van der Waals surface area contributed by atoms with Gasteiger partial charge in [0.2, 0.25) is 0 Å². The molecule has 2 aromatic heterocycles. The molecule has 3 rings (SSSR count). The number of pyridine rings is 1. The van der Waals surface area contributed by atoms with Crippen molar-refractivity contribution in [2.75, 3.05) is 17.7 Å². The van der Waals surface area contributed by atoms with Crippen LogP contribution in [-0.2, 0) is 0 Å². The topological polar surface area (TPSA) is 89.3 Å². The van der Waals surface area contributed by atoms with Crippen molar-refractivity contribution in [3.63, 3.8) is 0 Å². The minimum atomic E-state index is -0.351. The van der Waals surface area contributed by atoms with Gasteiger partial charge in [-0.15, -0.1) is 0 Å². The number of benzene rings is 1. The molecule has 0 aliphatic carbocycles. The van der Waals surface area contributed by atoms with Crippen LogP contribution in [0, 0.1) is 6.92 Å². The van der Waals surface area contributed by atoms with E-state index in [-0.39, 0.29) is 11.6 Å². The number of nitrogens with zero attached hydrogens (tertiary/aromatic N) is 2. The van der Waals surface area contributed by atoms with Crippen LogP contribution in [0.3, 0.4) is 0 Å². The molecule has 24 heavy (non-hydrogen) atoms. The van der Waals surface area contributed by atoms with Crippen molar-refractivity contribution in [1.82, 2.24) is 10.1 Å². The highest BCUT2D eigenvalue weighted by atomic mass is 16.5. The monoisotopic (exact) mass is 324 g/mol. The Labute approximate surface area is 138 Å². The number of nitrogens with one attached hydrogen (secondary N) is 2. The van der Waals surface area contributed by atoms with Crippen LogP contribution in [0.2, 0.25) is 0 Å². The zero-order valence-electron chi connectivity index (χ0n) is 13.2. The molecule has 1 aromatic carbocycles. The van der Waals surface area contributed by atoms with Crippen molar-refractivity contribution >= 4 is 23.1 Å². The molecule has 0 saturated heterocycles. The Bertz CT molecular complexity index is 843. The lowest BCUT2D eigenvalue weighted by Gasteiger charge is -2.08. The molecule has 7 nitrogen and oxygen atoms in total. The quantitative estimate of drug-likeness (QED) is 0.748. The predicted molar refractivity (Wildman–Crippen MR) is 89.7 cm³/mol. The highest BCUT2D eigenvalue weighted by Gasteiger charge is 2.10. The molecule has 1 amide bonds. The second-order valence-electron chi connectivity index (χ2n) is 5.07. The summed E-state index contributed by atoms with van der Waals surface area (Å²) in [6.45, 7) is 1.75. The third-order valence-electron chi connectivity index (χ3n) is 3.22. The first-order valence-electron chi connectivity index (χ1n) is 7.26. The van der Waals surface area contributed by atoms with Gasteiger partial charge in [0.05, 0.1) is 19.0 Å². The standard InChI is InChI=1S/C17H16N4O3/c1-11-8-16(21-24-11)20-17(22)15-7-6-13(10-18-15)19-12-4-3-5-14(9-12)23-2/h3-10,19H,1-2H3,(H,20,21,22). The van der Waals surface area contributed by atoms with Crippen LogP contribution in [0.1, 0.15) is 16.2 Å². The highest BCUT2D eigenvalue weighted by molar-refractivity contribution is 6.02. The van der Waals surface area contributed by atoms with Crippen molar-refractivity contribution < 1.29 is 14.1 Å². The van der Waals surface area contributed by atoms with Gasteiger partial charge in [-0.1, -0.05) is 11.2 Å². The third-order valence-corrected chi connectivity index (χ3v) is 3.22. The van der Waals surface area contributed by atoms with Crippen molar-refractivity contribution in [2.45, 2.75) is 6.92 Å². The minimum absolute atomic E-state index is 0.284. The lowest BCUT2D eigenvalue weighted by molar-refractivity contribution is 0.102. The minimum Gasteiger partial charge on any atom is -0.497 e. The number of aryl methyl sites for hydroxylation is 1. The number of methoxy groups -OCH3 is 1. The summed E-state index contributed by atoms with van der Waals surface area (Å²) in [6.07, 6.45) is 1.59. The Morgan fingerprint density at radius 1 is 1.17 bits per heavy atom. The summed E-state index contributed by atoms with van der Waals surface area (Å²) in [5, 5.41) is 9.53. The SMILES string of the molecule is COc1cccc(Nc2ccc(C(=O)Nc3cc(C)on3)nc2)c1. The number of amides is 1. The van der Waals surface area contributed by atoms with Gasteiger partial charge in [-0.3, -0.25) is 4.79 Å². The first-order valence-corrected chi connectivity index (χ1v) is 7.26. The number of hydrogen-bond donors (Lipinski definition) is 2. The molecular weight excluding hydrogens is 308 g/mol. The van der Waals surface area contributed by atoms with Gasteiger partial charge >= 0.3 is 0 Å². The van der Waals surface area contributed by atoms with Gasteiger partial charge in [-0.05, 0) is 31.2 Å². The van der Waals surface area contributed by atoms with Crippen LogP contribution >= 0.6 is 0 Å². The van der Waals surface area contributed by atoms with Gasteiger partial charge < -0.3 is 19.9 Å². The predicted octanol–water partition coefficient (Wildman–Crippen LogP) is 3.38. The second-order valence-corrected chi connectivity index (χ2v) is 5.07. The Balaban J connectivity index is 1.67. The van der Waals surface area contributed by atoms with Gasteiger partial charge in [0.15, 0.2) is 5.82 Å². The number of anilines is 3. The maximum Gasteiger partial charge on any atom is 0.275 e. The van der Waals surface area contributed by atoms with E-state index in [1.54, 1.807) is 38.4 Å². The van der Waals surface area contributed by atoms with Crippen molar-refractivity contribution in [2.24, 2.45) is 0 Å². The normalized spacial score (nSPS) is 10.2. The number of aromatic nitrogens is 2. The Morgan fingerprint density at radius 3 is 2.71 bits per heavy atom. The Hall–Kier alpha value is -3.35. The molecule has 0 atom stereocenters. The molecule has 0 spiro atoms. The first kappa shape index (κ1) is 15.5. The molecule has 7 heteroatoms. The molecule has 0 saturated carbocycles. The summed E-state index contributed by atoms with van der Waals surface area (Å²) < 4.78 is 10.1. The fourth-order valence-corrected chi connectivity index (χ4v) is 2.08. The molecule has 3 aromatic rings. The van der Waals surface area contributed by atoms with Gasteiger partial charge in [0.25, 0.3) is 5.91 Å². The van der Waals surface area contributed by atoms with E-state index >= 15 is 0 Å². The van der Waals surface area contributed by atoms with Crippen LogP contribution in [0.4, 0.5) is 17.2 Å². The summed E-state index contributed by atoms with van der Waals surface area (Å²) in [7, 11) is 1.62. The summed E-state index contributed by atoms with van der Waals surface area (Å²) in [4.78, 5) is 16.2. The molecule has 0 aliphatic heterocycles. The van der Waals surface area contributed by atoms with Crippen LogP contribution in [0.25, 0.3) is 0 Å². The van der Waals surface area contributed by atoms with Crippen molar-refractivity contribution in [3.05, 3.63) is 60.1 Å². The van der Waals surface area contributed by atoms with Crippen molar-refractivity contribution in [3.8, 4) is 5.75 Å². The van der Waals surface area contributed by atoms with E-state index in [0.29, 0.717) is 11.6 Å². The number of carbonyl (C=O) groups excluding carboxylic acids is 1. The molecule has 122 valence electrons. The molecular formula is C17H16N4O3. The Morgan fingerprint density at radius 2 is 2.04 bits per heavy atom. The Kier molecular flexibility index (Phi) is 4.42. The lowest BCUT2D eigenvalue weighted by Crippen LogP contribution is -2.13. The molecule has 0 aliphatic rings. The van der Waals surface area contributed by atoms with Crippen molar-refractivity contribution in [1.29, 1.82) is 0 Å². The van der Waals surface area contributed by atoms with E-state index in [1.165, 1.54) is 0 Å². The molecule has 2 N–H and O–H groups in total. The summed E-state index contributed by atoms with van der Waals surface area (Å²) in [5.74, 6) is 1.39. The van der Waals surface area contributed by atoms with Gasteiger partial charge in [0.1, 0.15) is 17.2 Å². The van der Waals surface area contributed by atoms with E-state index in [9.17, 15) is 4.79 Å². The van der Waals surface area contributed by atoms with Gasteiger partial charge in [0, 0.05) is 17.8 Å². The average Bonchev–Trinajstić information content (AvgIpc) is 3.00. The van der Waals surface area contributed by atoms with Gasteiger partial charge in [-0.2, -0.15) is 0 Å². The first-order chi connectivity index (χ1) is 11.6. The van der Waals surface area contributed by atoms with Crippen LogP contribution in [0.5, 0.6) is 5.75 Å². The number of rotatable bonds is 5. The van der Waals surface area contributed by atoms with Gasteiger partial charge in [-0.25, -0.2) is 4.98 Å². The second kappa shape index (κ2) is 6.82. The summed E-state index contributed by atoms with van der Waals surface area (Å²) in [5.41, 5.74) is 1.91. The third kappa shape index (κ3) is 3.70. The van der Waals surface area contributed by atoms with Crippen LogP contribution in [0.15, 0.2) is 53.2 Å². The fraction of sp³-hybridized carbons (Fsp3) is 0.118. The number of carbonyl (C=O) groups is 1. The maximum absolute atomic E-state index is 12.1. The lowest BCUT2D eigenvalue weighted by atomic mass is 10.2. The molecule has 2 heterocycles. The largest absolute Gasteiger partial charge is 0.497 e. The summed E-state index contributed by atoms with van der Waals surface area (Å²) >= 11 is 0. The molecule has 0 fully saturated rings. The van der Waals surface area contributed by atoms with E-state index < -0.39 is 0 Å². The zero-order chi connectivity index (χ0) is 16.9. The van der Waals surface area contributed by atoms with E-state index in [4.69, 9.17) is 9.26 Å². The van der Waals surface area contributed by atoms with E-state index in [2.05, 4.69) is 20.8 Å². The highest BCUT2D eigenvalue weighted by Crippen LogP contribution is 2.21. The smallest absolute Gasteiger partial charge is 0.275 e. The maximum atomic E-state index is 12.1. The number of ether oxygens (including phenoxy) is 1. The average molecular weight is 324 g/mol. The van der Waals surface area contributed by atoms with E-state index in [0.717, 1.165) is 17.1 Å².